The molecule has 0 spiro atoms. The van der Waals surface area contributed by atoms with Gasteiger partial charge in [-0.15, -0.1) is 0 Å². The lowest BCUT2D eigenvalue weighted by molar-refractivity contribution is 0.636. The van der Waals surface area contributed by atoms with Crippen molar-refractivity contribution in [2.75, 3.05) is 0 Å². The van der Waals surface area contributed by atoms with Crippen LogP contribution in [0.5, 0.6) is 0 Å². The second-order valence-corrected chi connectivity index (χ2v) is 5.20. The largest absolute Gasteiger partial charge is 0.0839 e. The molecule has 1 fully saturated rings. The van der Waals surface area contributed by atoms with Gasteiger partial charge >= 0.3 is 0 Å². The number of hydrogen-bond donors (Lipinski definition) is 0. The quantitative estimate of drug-likeness (QED) is 0.649. The number of allylic oxidation sites excluding steroid dienone is 8. The predicted molar refractivity (Wildman–Crippen MR) is 69.1 cm³/mol. The van der Waals surface area contributed by atoms with E-state index in [-0.39, 0.29) is 0 Å². The van der Waals surface area contributed by atoms with Gasteiger partial charge in [-0.3, -0.25) is 0 Å². The van der Waals surface area contributed by atoms with Gasteiger partial charge in [0.15, 0.2) is 0 Å². The third kappa shape index (κ3) is 1.71. The molecular weight excluding hydrogens is 192 g/mol. The highest BCUT2D eigenvalue weighted by Crippen LogP contribution is 2.51. The predicted octanol–water partition coefficient (Wildman–Crippen LogP) is 4.42. The van der Waals surface area contributed by atoms with Crippen LogP contribution in [0.3, 0.4) is 0 Å². The van der Waals surface area contributed by atoms with Crippen LogP contribution in [0, 0.1) is 17.8 Å². The van der Waals surface area contributed by atoms with Crippen LogP contribution in [-0.2, 0) is 0 Å². The van der Waals surface area contributed by atoms with Crippen molar-refractivity contribution in [2.45, 2.75) is 32.6 Å². The van der Waals surface area contributed by atoms with E-state index in [1.807, 2.05) is 0 Å². The first-order valence-corrected chi connectivity index (χ1v) is 6.65. The summed E-state index contributed by atoms with van der Waals surface area (Å²) in [4.78, 5) is 0. The van der Waals surface area contributed by atoms with Crippen LogP contribution in [0.4, 0.5) is 0 Å². The molecule has 16 heavy (non-hydrogen) atoms. The van der Waals surface area contributed by atoms with Crippen LogP contribution in [0.15, 0.2) is 47.6 Å². The molecule has 3 aliphatic carbocycles. The third-order valence-electron chi connectivity index (χ3n) is 4.15. The highest BCUT2D eigenvalue weighted by molar-refractivity contribution is 5.39. The molecule has 0 aliphatic heterocycles. The van der Waals surface area contributed by atoms with Crippen molar-refractivity contribution >= 4 is 0 Å². The van der Waals surface area contributed by atoms with Gasteiger partial charge in [0.25, 0.3) is 0 Å². The van der Waals surface area contributed by atoms with Gasteiger partial charge in [0.05, 0.1) is 0 Å². The summed E-state index contributed by atoms with van der Waals surface area (Å²) in [6.45, 7) is 2.32. The Hall–Kier alpha value is -1.04. The Bertz CT molecular complexity index is 392. The van der Waals surface area contributed by atoms with Crippen LogP contribution in [-0.4, -0.2) is 0 Å². The minimum atomic E-state index is 0.691. The molecule has 3 unspecified atom stereocenters. The van der Waals surface area contributed by atoms with Gasteiger partial charge in [0, 0.05) is 5.92 Å². The lowest BCUT2D eigenvalue weighted by Gasteiger charge is -2.23. The molecule has 0 aromatic rings. The second-order valence-electron chi connectivity index (χ2n) is 5.20. The first kappa shape index (κ1) is 10.1. The standard InChI is InChI=1S/C16H20/c1-2-14(12-7-4-3-5-8-12)15-10-6-9-13-11-16(13)15/h4,6-10,13-14,16H,2-3,5,11H2,1H3. The van der Waals surface area contributed by atoms with Crippen molar-refractivity contribution < 1.29 is 0 Å². The van der Waals surface area contributed by atoms with E-state index in [4.69, 9.17) is 0 Å². The third-order valence-corrected chi connectivity index (χ3v) is 4.15. The highest BCUT2D eigenvalue weighted by Gasteiger charge is 2.41. The van der Waals surface area contributed by atoms with Crippen LogP contribution in [0.1, 0.15) is 32.6 Å². The molecule has 0 heteroatoms. The molecule has 0 heterocycles. The molecule has 3 aliphatic rings. The van der Waals surface area contributed by atoms with E-state index in [1.54, 1.807) is 11.1 Å². The van der Waals surface area contributed by atoms with E-state index < -0.39 is 0 Å². The number of rotatable bonds is 3. The first-order valence-electron chi connectivity index (χ1n) is 6.65. The Kier molecular flexibility index (Phi) is 2.59. The molecule has 0 radical (unpaired) electrons. The fraction of sp³-hybridized carbons (Fsp3) is 0.500. The van der Waals surface area contributed by atoms with Crippen molar-refractivity contribution in [3.05, 3.63) is 47.6 Å². The Labute approximate surface area is 98.4 Å². The molecular formula is C16H20. The van der Waals surface area contributed by atoms with Gasteiger partial charge in [-0.1, -0.05) is 49.0 Å². The number of hydrogen-bond acceptors (Lipinski definition) is 0. The summed E-state index contributed by atoms with van der Waals surface area (Å²) >= 11 is 0. The van der Waals surface area contributed by atoms with Gasteiger partial charge in [-0.05, 0) is 43.1 Å². The van der Waals surface area contributed by atoms with Crippen molar-refractivity contribution in [1.29, 1.82) is 0 Å². The SMILES string of the molecule is CCC(C1=CCCC=C1)C1=CC=CC2CC12. The molecule has 84 valence electrons. The summed E-state index contributed by atoms with van der Waals surface area (Å²) in [7, 11) is 0. The smallest absolute Gasteiger partial charge is 0.00483 e. The van der Waals surface area contributed by atoms with E-state index in [0.29, 0.717) is 5.92 Å². The van der Waals surface area contributed by atoms with Gasteiger partial charge in [-0.2, -0.15) is 0 Å². The minimum absolute atomic E-state index is 0.691. The summed E-state index contributed by atoms with van der Waals surface area (Å²) < 4.78 is 0. The molecule has 0 nitrogen and oxygen atoms in total. The normalized spacial score (nSPS) is 32.8. The lowest BCUT2D eigenvalue weighted by Crippen LogP contribution is -2.10. The molecule has 0 aromatic carbocycles. The van der Waals surface area contributed by atoms with E-state index in [1.165, 1.54) is 25.7 Å². The maximum atomic E-state index is 2.45. The maximum absolute atomic E-state index is 2.45. The molecule has 0 bridgehead atoms. The van der Waals surface area contributed by atoms with Gasteiger partial charge in [-0.25, -0.2) is 0 Å². The zero-order valence-corrected chi connectivity index (χ0v) is 10.0. The lowest BCUT2D eigenvalue weighted by atomic mass is 9.82. The molecule has 1 saturated carbocycles. The van der Waals surface area contributed by atoms with Crippen LogP contribution in [0.25, 0.3) is 0 Å². The van der Waals surface area contributed by atoms with Crippen LogP contribution in [0.2, 0.25) is 0 Å². The Morgan fingerprint density at radius 2 is 2.31 bits per heavy atom. The minimum Gasteiger partial charge on any atom is -0.0839 e. The molecule has 0 amide bonds. The van der Waals surface area contributed by atoms with E-state index in [2.05, 4.69) is 43.4 Å². The van der Waals surface area contributed by atoms with Crippen molar-refractivity contribution in [3.8, 4) is 0 Å². The molecule has 3 rings (SSSR count). The molecule has 0 aromatic heterocycles. The average molecular weight is 212 g/mol. The second kappa shape index (κ2) is 4.08. The zero-order chi connectivity index (χ0) is 11.0. The number of fused-ring (bicyclic) bond motifs is 1. The summed E-state index contributed by atoms with van der Waals surface area (Å²) in [6, 6.07) is 0. The molecule has 0 N–H and O–H groups in total. The maximum Gasteiger partial charge on any atom is 0.00483 e. The van der Waals surface area contributed by atoms with Gasteiger partial charge in [0.1, 0.15) is 0 Å². The highest BCUT2D eigenvalue weighted by atomic mass is 14.5. The fourth-order valence-corrected chi connectivity index (χ4v) is 3.17. The monoisotopic (exact) mass is 212 g/mol. The zero-order valence-electron chi connectivity index (χ0n) is 10.0. The Morgan fingerprint density at radius 3 is 3.06 bits per heavy atom. The first-order chi connectivity index (χ1) is 7.90. The van der Waals surface area contributed by atoms with E-state index in [9.17, 15) is 0 Å². The van der Waals surface area contributed by atoms with Crippen molar-refractivity contribution in [1.82, 2.24) is 0 Å². The van der Waals surface area contributed by atoms with E-state index in [0.717, 1.165) is 11.8 Å². The summed E-state index contributed by atoms with van der Waals surface area (Å²) in [5.74, 6) is 2.45. The summed E-state index contributed by atoms with van der Waals surface area (Å²) in [5.41, 5.74) is 3.27. The van der Waals surface area contributed by atoms with Crippen LogP contribution >= 0.6 is 0 Å². The van der Waals surface area contributed by atoms with Crippen LogP contribution < -0.4 is 0 Å². The molecule has 3 atom stereocenters. The van der Waals surface area contributed by atoms with Gasteiger partial charge in [0.2, 0.25) is 0 Å². The Morgan fingerprint density at radius 1 is 1.38 bits per heavy atom. The topological polar surface area (TPSA) is 0 Å². The summed E-state index contributed by atoms with van der Waals surface area (Å²) in [6.07, 6.45) is 19.3. The Balaban J connectivity index is 1.85. The fourth-order valence-electron chi connectivity index (χ4n) is 3.17. The average Bonchev–Trinajstić information content (AvgIpc) is 3.11. The summed E-state index contributed by atoms with van der Waals surface area (Å²) in [5, 5.41) is 0. The molecule has 0 saturated heterocycles. The van der Waals surface area contributed by atoms with E-state index >= 15 is 0 Å². The van der Waals surface area contributed by atoms with Gasteiger partial charge < -0.3 is 0 Å². The van der Waals surface area contributed by atoms with Crippen molar-refractivity contribution in [3.63, 3.8) is 0 Å². The van der Waals surface area contributed by atoms with Crippen molar-refractivity contribution in [2.24, 2.45) is 17.8 Å².